The number of halogens is 1. The summed E-state index contributed by atoms with van der Waals surface area (Å²) in [5.41, 5.74) is 0.824. The van der Waals surface area contributed by atoms with Gasteiger partial charge in [0.1, 0.15) is 22.5 Å². The molecule has 1 aliphatic carbocycles. The quantitative estimate of drug-likeness (QED) is 0.364. The number of H-pyrrole nitrogens is 1. The van der Waals surface area contributed by atoms with Crippen molar-refractivity contribution in [2.45, 2.75) is 43.9 Å². The van der Waals surface area contributed by atoms with Gasteiger partial charge in [0, 0.05) is 25.6 Å². The molecule has 3 aromatic rings. The molecule has 9 nitrogen and oxygen atoms in total. The zero-order valence-electron chi connectivity index (χ0n) is 18.0. The van der Waals surface area contributed by atoms with E-state index in [9.17, 15) is 20.1 Å². The fraction of sp³-hybridized carbons (Fsp3) is 0.500. The van der Waals surface area contributed by atoms with Gasteiger partial charge in [0.25, 0.3) is 5.56 Å². The highest BCUT2D eigenvalue weighted by Crippen LogP contribution is 2.35. The number of aromatic amines is 1. The van der Waals surface area contributed by atoms with Gasteiger partial charge in [-0.3, -0.25) is 9.78 Å². The third kappa shape index (κ3) is 4.58. The Balaban J connectivity index is 0.00000259. The predicted molar refractivity (Wildman–Crippen MR) is 131 cm³/mol. The number of rotatable bonds is 5. The van der Waals surface area contributed by atoms with Crippen molar-refractivity contribution >= 4 is 45.7 Å². The lowest BCUT2D eigenvalue weighted by Gasteiger charge is -2.28. The maximum atomic E-state index is 13.3. The third-order valence-electron chi connectivity index (χ3n) is 6.43. The van der Waals surface area contributed by atoms with Crippen LogP contribution in [0.25, 0.3) is 20.8 Å². The van der Waals surface area contributed by atoms with Crippen LogP contribution in [0.2, 0.25) is 0 Å². The van der Waals surface area contributed by atoms with Gasteiger partial charge in [-0.2, -0.15) is 4.98 Å². The van der Waals surface area contributed by atoms with E-state index in [4.69, 9.17) is 4.98 Å². The van der Waals surface area contributed by atoms with E-state index in [0.29, 0.717) is 28.8 Å². The van der Waals surface area contributed by atoms with E-state index in [1.54, 1.807) is 0 Å². The van der Waals surface area contributed by atoms with E-state index in [2.05, 4.69) is 20.2 Å². The summed E-state index contributed by atoms with van der Waals surface area (Å²) in [6, 6.07) is 7.14. The molecule has 2 aromatic heterocycles. The lowest BCUT2D eigenvalue weighted by molar-refractivity contribution is 0.00446. The average Bonchev–Trinajstić information content (AvgIpc) is 3.35. The van der Waals surface area contributed by atoms with E-state index in [-0.39, 0.29) is 24.6 Å². The molecule has 33 heavy (non-hydrogen) atoms. The molecule has 1 saturated carbocycles. The van der Waals surface area contributed by atoms with Gasteiger partial charge in [-0.1, -0.05) is 12.1 Å². The number of nitrogens with one attached hydrogen (secondary N) is 2. The summed E-state index contributed by atoms with van der Waals surface area (Å²) in [5, 5.41) is 34.0. The molecule has 4 atom stereocenters. The number of hydrogen-bond donors (Lipinski definition) is 5. The molecule has 1 saturated heterocycles. The number of piperidine rings is 1. The fourth-order valence-corrected chi connectivity index (χ4v) is 5.63. The highest BCUT2D eigenvalue weighted by Gasteiger charge is 2.41. The van der Waals surface area contributed by atoms with E-state index < -0.39 is 24.2 Å². The lowest BCUT2D eigenvalue weighted by atomic mass is 10.1. The predicted octanol–water partition coefficient (Wildman–Crippen LogP) is 1.97. The molecule has 0 spiro atoms. The molecular formula is C22H28ClN5O4S. The number of aliphatic hydroxyl groups excluding tert-OH is 3. The number of aliphatic hydroxyl groups is 3. The van der Waals surface area contributed by atoms with Crippen LogP contribution in [0.15, 0.2) is 29.1 Å². The molecule has 178 valence electrons. The summed E-state index contributed by atoms with van der Waals surface area (Å²) in [6.07, 6.45) is 1.49. The number of anilines is 2. The van der Waals surface area contributed by atoms with E-state index in [0.717, 1.165) is 42.6 Å². The van der Waals surface area contributed by atoms with Crippen molar-refractivity contribution in [2.75, 3.05) is 29.9 Å². The first-order chi connectivity index (χ1) is 15.5. The number of aromatic nitrogens is 3. The van der Waals surface area contributed by atoms with Crippen molar-refractivity contribution in [3.05, 3.63) is 34.6 Å². The summed E-state index contributed by atoms with van der Waals surface area (Å²) in [5.74, 6) is 0.397. The summed E-state index contributed by atoms with van der Waals surface area (Å²) < 4.78 is 0.963. The van der Waals surface area contributed by atoms with E-state index in [1.807, 2.05) is 24.3 Å². The molecule has 1 aliphatic heterocycles. The van der Waals surface area contributed by atoms with Gasteiger partial charge >= 0.3 is 0 Å². The molecule has 11 heteroatoms. The van der Waals surface area contributed by atoms with Gasteiger partial charge in [0.2, 0.25) is 5.95 Å². The number of benzene rings is 1. The van der Waals surface area contributed by atoms with E-state index in [1.165, 1.54) is 11.3 Å². The van der Waals surface area contributed by atoms with Gasteiger partial charge < -0.3 is 25.5 Å². The van der Waals surface area contributed by atoms with Crippen LogP contribution in [-0.2, 0) is 0 Å². The number of nitrogens with zero attached hydrogens (tertiary/aromatic N) is 3. The molecule has 0 unspecified atom stereocenters. The molecule has 2 fully saturated rings. The standard InChI is InChI=1S/C22H27N5O4S.ClH/c28-11-12-10-14(18(30)17(12)29)23-19-16(21-24-13-6-2-3-7-15(13)32-21)20(31)26-22(25-19)27-8-4-1-5-9-27;/h2-3,6-7,12,14,17-18,28-30H,1,4-5,8-11H2,(H2,23,25,26,31);1H/t12-,14-,17-,18+;/m1./s1. The monoisotopic (exact) mass is 493 g/mol. The smallest absolute Gasteiger partial charge is 0.264 e. The Labute approximate surface area is 200 Å². The second kappa shape index (κ2) is 9.94. The summed E-state index contributed by atoms with van der Waals surface area (Å²) in [7, 11) is 0. The third-order valence-corrected chi connectivity index (χ3v) is 7.48. The Morgan fingerprint density at radius 2 is 1.88 bits per heavy atom. The SMILES string of the molecule is Cl.O=c1[nH]c(N2CCCCC2)nc(N[C@@H]2C[C@H](CO)[C@@H](O)[C@H]2O)c1-c1nc2ccccc2s1. The summed E-state index contributed by atoms with van der Waals surface area (Å²) in [4.78, 5) is 27.7. The van der Waals surface area contributed by atoms with Crippen molar-refractivity contribution in [1.82, 2.24) is 15.0 Å². The molecule has 3 heterocycles. The molecule has 1 aromatic carbocycles. The minimum Gasteiger partial charge on any atom is -0.396 e. The Bertz CT molecular complexity index is 1130. The van der Waals surface area contributed by atoms with Gasteiger partial charge in [-0.15, -0.1) is 23.7 Å². The van der Waals surface area contributed by atoms with Crippen molar-refractivity contribution < 1.29 is 15.3 Å². The second-order valence-corrected chi connectivity index (χ2v) is 9.59. The summed E-state index contributed by atoms with van der Waals surface area (Å²) in [6.45, 7) is 1.42. The Hall–Kier alpha value is -2.24. The number of fused-ring (bicyclic) bond motifs is 1. The van der Waals surface area contributed by atoms with Gasteiger partial charge in [0.05, 0.1) is 22.4 Å². The zero-order chi connectivity index (χ0) is 22.2. The van der Waals surface area contributed by atoms with Gasteiger partial charge in [-0.25, -0.2) is 4.98 Å². The maximum absolute atomic E-state index is 13.3. The molecule has 5 rings (SSSR count). The van der Waals surface area contributed by atoms with Gasteiger partial charge in [-0.05, 0) is 37.8 Å². The summed E-state index contributed by atoms with van der Waals surface area (Å²) >= 11 is 1.41. The van der Waals surface area contributed by atoms with Crippen LogP contribution < -0.4 is 15.8 Å². The van der Waals surface area contributed by atoms with Crippen LogP contribution in [0.1, 0.15) is 25.7 Å². The van der Waals surface area contributed by atoms with E-state index >= 15 is 0 Å². The highest BCUT2D eigenvalue weighted by molar-refractivity contribution is 7.21. The molecule has 0 radical (unpaired) electrons. The fourth-order valence-electron chi connectivity index (χ4n) is 4.62. The topological polar surface area (TPSA) is 135 Å². The second-order valence-electron chi connectivity index (χ2n) is 8.56. The first kappa shape index (κ1) is 23.9. The average molecular weight is 494 g/mol. The van der Waals surface area contributed by atoms with Crippen LogP contribution in [0, 0.1) is 5.92 Å². The maximum Gasteiger partial charge on any atom is 0.264 e. The number of hydrogen-bond acceptors (Lipinski definition) is 9. The van der Waals surface area contributed by atoms with Gasteiger partial charge in [0.15, 0.2) is 0 Å². The molecule has 0 bridgehead atoms. The van der Waals surface area contributed by atoms with Crippen LogP contribution in [0.3, 0.4) is 0 Å². The van der Waals surface area contributed by atoms with Crippen molar-refractivity contribution in [3.8, 4) is 10.6 Å². The lowest BCUT2D eigenvalue weighted by Crippen LogP contribution is -2.37. The number of thiazole rings is 1. The first-order valence-corrected chi connectivity index (χ1v) is 11.9. The normalized spacial score (nSPS) is 25.2. The minimum atomic E-state index is -1.07. The van der Waals surface area contributed by atoms with Crippen LogP contribution in [0.4, 0.5) is 11.8 Å². The molecular weight excluding hydrogens is 466 g/mol. The largest absolute Gasteiger partial charge is 0.396 e. The molecule has 2 aliphatic rings. The van der Waals surface area contributed by atoms with Crippen LogP contribution in [0.5, 0.6) is 0 Å². The van der Waals surface area contributed by atoms with Crippen LogP contribution >= 0.6 is 23.7 Å². The first-order valence-electron chi connectivity index (χ1n) is 11.0. The van der Waals surface area contributed by atoms with Crippen LogP contribution in [-0.4, -0.2) is 68.2 Å². The Kier molecular flexibility index (Phi) is 7.20. The number of para-hydroxylation sites is 1. The van der Waals surface area contributed by atoms with Crippen molar-refractivity contribution in [1.29, 1.82) is 0 Å². The molecule has 5 N–H and O–H groups in total. The Morgan fingerprint density at radius 1 is 1.12 bits per heavy atom. The van der Waals surface area contributed by atoms with Crippen molar-refractivity contribution in [2.24, 2.45) is 5.92 Å². The Morgan fingerprint density at radius 3 is 2.58 bits per heavy atom. The highest BCUT2D eigenvalue weighted by atomic mass is 35.5. The molecule has 0 amide bonds. The van der Waals surface area contributed by atoms with Crippen molar-refractivity contribution in [3.63, 3.8) is 0 Å². The zero-order valence-corrected chi connectivity index (χ0v) is 19.6. The minimum absolute atomic E-state index is 0.